The maximum absolute atomic E-state index is 12.5. The lowest BCUT2D eigenvalue weighted by Crippen LogP contribution is -2.48. The summed E-state index contributed by atoms with van der Waals surface area (Å²) in [5.74, 6) is 1.50. The molecular weight excluding hydrogens is 482 g/mol. The third-order valence-electron chi connectivity index (χ3n) is 6.41. The van der Waals surface area contributed by atoms with Crippen LogP contribution in [0.3, 0.4) is 0 Å². The second-order valence-electron chi connectivity index (χ2n) is 10.3. The van der Waals surface area contributed by atoms with Gasteiger partial charge in [0.05, 0.1) is 4.90 Å². The Morgan fingerprint density at radius 3 is 2.50 bits per heavy atom. The number of anilines is 3. The summed E-state index contributed by atoms with van der Waals surface area (Å²) in [5.41, 5.74) is 1.42. The van der Waals surface area contributed by atoms with E-state index in [2.05, 4.69) is 19.8 Å². The number of methoxy groups -OCH3 is 1. The zero-order valence-corrected chi connectivity index (χ0v) is 22.4. The molecule has 10 nitrogen and oxygen atoms in total. The van der Waals surface area contributed by atoms with Crippen LogP contribution >= 0.6 is 0 Å². The lowest BCUT2D eigenvalue weighted by molar-refractivity contribution is 0.0199. The van der Waals surface area contributed by atoms with Gasteiger partial charge in [0.15, 0.2) is 9.84 Å². The highest BCUT2D eigenvalue weighted by molar-refractivity contribution is 7.90. The fourth-order valence-electron chi connectivity index (χ4n) is 4.67. The number of sulfone groups is 1. The van der Waals surface area contributed by atoms with Crippen LogP contribution < -0.4 is 9.80 Å². The molecule has 0 saturated carbocycles. The van der Waals surface area contributed by atoms with Crippen molar-refractivity contribution in [3.05, 3.63) is 36.2 Å². The number of fused-ring (bicyclic) bond motifs is 1. The average molecular weight is 518 g/mol. The first-order valence-corrected chi connectivity index (χ1v) is 14.0. The SMILES string of the molecule is COCN(c1cc(N2CCc3cc(S(C)(=O)=O)ccc32)ncn1)C1CCN(C(=O)OC(C)(C)C)CC1. The van der Waals surface area contributed by atoms with Crippen LogP contribution in [0.4, 0.5) is 22.1 Å². The summed E-state index contributed by atoms with van der Waals surface area (Å²) in [5, 5.41) is 0. The van der Waals surface area contributed by atoms with Crippen molar-refractivity contribution in [2.24, 2.45) is 0 Å². The number of rotatable bonds is 6. The number of amides is 1. The van der Waals surface area contributed by atoms with E-state index in [0.717, 1.165) is 42.1 Å². The van der Waals surface area contributed by atoms with Crippen LogP contribution in [-0.2, 0) is 25.7 Å². The van der Waals surface area contributed by atoms with Gasteiger partial charge in [0.1, 0.15) is 30.3 Å². The summed E-state index contributed by atoms with van der Waals surface area (Å²) >= 11 is 0. The van der Waals surface area contributed by atoms with Crippen LogP contribution in [0.15, 0.2) is 35.5 Å². The third kappa shape index (κ3) is 5.89. The minimum absolute atomic E-state index is 0.148. The van der Waals surface area contributed by atoms with Crippen LogP contribution in [0.1, 0.15) is 39.2 Å². The maximum atomic E-state index is 12.5. The molecule has 36 heavy (non-hydrogen) atoms. The largest absolute Gasteiger partial charge is 0.444 e. The molecule has 11 heteroatoms. The van der Waals surface area contributed by atoms with E-state index in [4.69, 9.17) is 9.47 Å². The van der Waals surface area contributed by atoms with E-state index in [0.29, 0.717) is 31.3 Å². The van der Waals surface area contributed by atoms with Gasteiger partial charge < -0.3 is 24.2 Å². The maximum Gasteiger partial charge on any atom is 0.410 e. The number of carbonyl (C=O) groups is 1. The summed E-state index contributed by atoms with van der Waals surface area (Å²) < 4.78 is 34.9. The number of likely N-dealkylation sites (tertiary alicyclic amines) is 1. The Kier molecular flexibility index (Phi) is 7.42. The summed E-state index contributed by atoms with van der Waals surface area (Å²) in [6.07, 6.45) is 4.76. The van der Waals surface area contributed by atoms with Gasteiger partial charge in [0.2, 0.25) is 0 Å². The molecule has 196 valence electrons. The molecule has 1 aromatic carbocycles. The van der Waals surface area contributed by atoms with Crippen molar-refractivity contribution >= 4 is 33.3 Å². The van der Waals surface area contributed by atoms with E-state index in [9.17, 15) is 13.2 Å². The van der Waals surface area contributed by atoms with Crippen molar-refractivity contribution in [1.82, 2.24) is 14.9 Å². The Morgan fingerprint density at radius 1 is 1.14 bits per heavy atom. The van der Waals surface area contributed by atoms with E-state index in [1.54, 1.807) is 30.5 Å². The third-order valence-corrected chi connectivity index (χ3v) is 7.52. The van der Waals surface area contributed by atoms with Gasteiger partial charge in [0, 0.05) is 50.8 Å². The molecule has 0 N–H and O–H groups in total. The summed E-state index contributed by atoms with van der Waals surface area (Å²) in [4.78, 5) is 27.8. The number of hydrogen-bond acceptors (Lipinski definition) is 9. The zero-order valence-electron chi connectivity index (χ0n) is 21.6. The molecule has 0 aliphatic carbocycles. The van der Waals surface area contributed by atoms with Crippen molar-refractivity contribution < 1.29 is 22.7 Å². The van der Waals surface area contributed by atoms with Crippen LogP contribution in [0.2, 0.25) is 0 Å². The van der Waals surface area contributed by atoms with Gasteiger partial charge in [-0.05, 0) is 63.8 Å². The van der Waals surface area contributed by atoms with E-state index < -0.39 is 15.4 Å². The second-order valence-corrected chi connectivity index (χ2v) is 12.3. The number of benzene rings is 1. The Balaban J connectivity index is 1.50. The molecular formula is C25H35N5O5S. The molecule has 0 atom stereocenters. The molecule has 1 saturated heterocycles. The average Bonchev–Trinajstić information content (AvgIpc) is 3.25. The quantitative estimate of drug-likeness (QED) is 0.533. The number of hydrogen-bond donors (Lipinski definition) is 0. The molecule has 1 fully saturated rings. The van der Waals surface area contributed by atoms with Gasteiger partial charge in [-0.3, -0.25) is 0 Å². The summed E-state index contributed by atoms with van der Waals surface area (Å²) in [6.45, 7) is 7.87. The highest BCUT2D eigenvalue weighted by Gasteiger charge is 2.31. The molecule has 0 radical (unpaired) electrons. The molecule has 0 unspecified atom stereocenters. The van der Waals surface area contributed by atoms with Gasteiger partial charge in [-0.25, -0.2) is 23.2 Å². The Bertz CT molecular complexity index is 1210. The number of piperidine rings is 1. The van der Waals surface area contributed by atoms with Crippen molar-refractivity contribution in [3.8, 4) is 0 Å². The first-order chi connectivity index (χ1) is 17.0. The molecule has 1 aromatic heterocycles. The number of nitrogens with zero attached hydrogens (tertiary/aromatic N) is 5. The lowest BCUT2D eigenvalue weighted by Gasteiger charge is -2.39. The Morgan fingerprint density at radius 2 is 1.86 bits per heavy atom. The molecule has 4 rings (SSSR count). The van der Waals surface area contributed by atoms with Crippen molar-refractivity contribution in [2.75, 3.05) is 49.5 Å². The predicted molar refractivity (Wildman–Crippen MR) is 137 cm³/mol. The van der Waals surface area contributed by atoms with E-state index >= 15 is 0 Å². The first kappa shape index (κ1) is 26.2. The highest BCUT2D eigenvalue weighted by Crippen LogP contribution is 2.36. The summed E-state index contributed by atoms with van der Waals surface area (Å²) in [6, 6.07) is 7.33. The smallest absolute Gasteiger partial charge is 0.410 e. The van der Waals surface area contributed by atoms with Crippen LogP contribution in [0, 0.1) is 0 Å². The number of carbonyl (C=O) groups excluding carboxylic acids is 1. The van der Waals surface area contributed by atoms with Crippen molar-refractivity contribution in [3.63, 3.8) is 0 Å². The topological polar surface area (TPSA) is 105 Å². The lowest BCUT2D eigenvalue weighted by atomic mass is 10.0. The van der Waals surface area contributed by atoms with Crippen LogP contribution in [-0.4, -0.2) is 80.8 Å². The van der Waals surface area contributed by atoms with E-state index in [1.807, 2.05) is 32.9 Å². The predicted octanol–water partition coefficient (Wildman–Crippen LogP) is 3.38. The van der Waals surface area contributed by atoms with Crippen LogP contribution in [0.25, 0.3) is 0 Å². The molecule has 2 aliphatic heterocycles. The van der Waals surface area contributed by atoms with Crippen LogP contribution in [0.5, 0.6) is 0 Å². The number of ether oxygens (including phenoxy) is 2. The molecule has 3 heterocycles. The zero-order chi connectivity index (χ0) is 26.1. The minimum atomic E-state index is -3.26. The first-order valence-electron chi connectivity index (χ1n) is 12.1. The highest BCUT2D eigenvalue weighted by atomic mass is 32.2. The minimum Gasteiger partial charge on any atom is -0.444 e. The van der Waals surface area contributed by atoms with Gasteiger partial charge in [-0.1, -0.05) is 0 Å². The van der Waals surface area contributed by atoms with Crippen molar-refractivity contribution in [2.45, 2.75) is 56.6 Å². The second kappa shape index (κ2) is 10.2. The van der Waals surface area contributed by atoms with Crippen molar-refractivity contribution in [1.29, 1.82) is 0 Å². The van der Waals surface area contributed by atoms with E-state index in [1.165, 1.54) is 6.26 Å². The Labute approximate surface area is 213 Å². The standard InChI is InChI=1S/C25H35N5O5S/c1-25(2,3)35-24(31)28-11-9-19(10-12-28)30(17-34-4)23-15-22(26-16-27-23)29-13-8-18-14-20(36(5,32)33)6-7-21(18)29/h6-7,14-16,19H,8-13,17H2,1-5H3. The van der Waals surface area contributed by atoms with Gasteiger partial charge in [-0.15, -0.1) is 0 Å². The molecule has 0 bridgehead atoms. The van der Waals surface area contributed by atoms with E-state index in [-0.39, 0.29) is 12.1 Å². The number of aromatic nitrogens is 2. The van der Waals surface area contributed by atoms with Gasteiger partial charge >= 0.3 is 6.09 Å². The fraction of sp³-hybridized carbons (Fsp3) is 0.560. The Hall–Kier alpha value is -2.92. The normalized spacial score (nSPS) is 16.7. The van der Waals surface area contributed by atoms with Gasteiger partial charge in [-0.2, -0.15) is 0 Å². The molecule has 2 aromatic rings. The molecule has 0 spiro atoms. The fourth-order valence-corrected chi connectivity index (χ4v) is 5.34. The van der Waals surface area contributed by atoms with Gasteiger partial charge in [0.25, 0.3) is 0 Å². The molecule has 2 aliphatic rings. The molecule has 1 amide bonds. The monoisotopic (exact) mass is 517 g/mol. The summed E-state index contributed by atoms with van der Waals surface area (Å²) in [7, 11) is -1.61.